The van der Waals surface area contributed by atoms with Gasteiger partial charge in [-0.15, -0.1) is 0 Å². The van der Waals surface area contributed by atoms with Crippen LogP contribution < -0.4 is 14.8 Å². The third-order valence-electron chi connectivity index (χ3n) is 2.97. The van der Waals surface area contributed by atoms with Gasteiger partial charge in [0.05, 0.1) is 13.4 Å². The minimum absolute atomic E-state index is 0.241. The number of imidazole rings is 1. The number of methoxy groups -OCH3 is 1. The van der Waals surface area contributed by atoms with Crippen molar-refractivity contribution in [2.45, 2.75) is 12.6 Å². The van der Waals surface area contributed by atoms with E-state index in [-0.39, 0.29) is 6.61 Å². The van der Waals surface area contributed by atoms with Crippen LogP contribution in [0.3, 0.4) is 0 Å². The highest BCUT2D eigenvalue weighted by Crippen LogP contribution is 2.18. The first-order valence-electron chi connectivity index (χ1n) is 6.89. The van der Waals surface area contributed by atoms with Crippen molar-refractivity contribution < 1.29 is 14.6 Å². The van der Waals surface area contributed by atoms with Gasteiger partial charge in [0, 0.05) is 38.1 Å². The number of rotatable bonds is 9. The van der Waals surface area contributed by atoms with E-state index in [2.05, 4.69) is 10.3 Å². The Hall–Kier alpha value is -2.05. The minimum Gasteiger partial charge on any atom is -0.497 e. The van der Waals surface area contributed by atoms with Gasteiger partial charge in [-0.25, -0.2) is 4.98 Å². The summed E-state index contributed by atoms with van der Waals surface area (Å²) in [5.41, 5.74) is 0. The molecule has 0 saturated carbocycles. The highest BCUT2D eigenvalue weighted by Gasteiger charge is 2.05. The molecule has 0 saturated heterocycles. The number of benzene rings is 1. The van der Waals surface area contributed by atoms with E-state index in [1.807, 2.05) is 29.0 Å². The fraction of sp³-hybridized carbons (Fsp3) is 0.400. The molecule has 1 atom stereocenters. The van der Waals surface area contributed by atoms with E-state index in [1.165, 1.54) is 0 Å². The van der Waals surface area contributed by atoms with Crippen molar-refractivity contribution in [2.24, 2.45) is 0 Å². The lowest BCUT2D eigenvalue weighted by Gasteiger charge is -2.14. The largest absolute Gasteiger partial charge is 0.497 e. The Morgan fingerprint density at radius 3 is 3.00 bits per heavy atom. The van der Waals surface area contributed by atoms with Gasteiger partial charge < -0.3 is 24.5 Å². The van der Waals surface area contributed by atoms with Crippen molar-refractivity contribution in [3.8, 4) is 11.5 Å². The molecule has 1 heterocycles. The Morgan fingerprint density at radius 2 is 2.24 bits per heavy atom. The summed E-state index contributed by atoms with van der Waals surface area (Å²) < 4.78 is 12.6. The van der Waals surface area contributed by atoms with Gasteiger partial charge in [0.1, 0.15) is 24.2 Å². The topological polar surface area (TPSA) is 68.5 Å². The lowest BCUT2D eigenvalue weighted by Crippen LogP contribution is -2.33. The van der Waals surface area contributed by atoms with Gasteiger partial charge in [0.2, 0.25) is 0 Å². The van der Waals surface area contributed by atoms with E-state index in [1.54, 1.807) is 25.7 Å². The van der Waals surface area contributed by atoms with Gasteiger partial charge >= 0.3 is 0 Å². The summed E-state index contributed by atoms with van der Waals surface area (Å²) in [7, 11) is 1.61. The van der Waals surface area contributed by atoms with E-state index in [0.29, 0.717) is 12.3 Å². The normalized spacial score (nSPS) is 12.1. The minimum atomic E-state index is -0.556. The second-order valence-corrected chi connectivity index (χ2v) is 4.65. The molecule has 0 aliphatic carbocycles. The summed E-state index contributed by atoms with van der Waals surface area (Å²) in [5, 5.41) is 13.0. The SMILES string of the molecule is COc1cccc(OCC(O)CNCCn2ccnc2)c1. The molecule has 0 aliphatic rings. The Bertz CT molecular complexity index is 517. The van der Waals surface area contributed by atoms with Gasteiger partial charge in [-0.1, -0.05) is 6.07 Å². The molecule has 6 heteroatoms. The van der Waals surface area contributed by atoms with Crippen molar-refractivity contribution in [1.29, 1.82) is 0 Å². The Balaban J connectivity index is 1.61. The molecule has 0 amide bonds. The first-order valence-corrected chi connectivity index (χ1v) is 6.89. The van der Waals surface area contributed by atoms with Crippen molar-refractivity contribution in [3.63, 3.8) is 0 Å². The molecule has 0 bridgehead atoms. The molecule has 2 aromatic rings. The number of hydrogen-bond donors (Lipinski definition) is 2. The van der Waals surface area contributed by atoms with Crippen LogP contribution in [-0.4, -0.2) is 47.6 Å². The summed E-state index contributed by atoms with van der Waals surface area (Å²) in [6.45, 7) is 2.32. The van der Waals surface area contributed by atoms with Crippen molar-refractivity contribution in [1.82, 2.24) is 14.9 Å². The van der Waals surface area contributed by atoms with Gasteiger partial charge in [-0.2, -0.15) is 0 Å². The Morgan fingerprint density at radius 1 is 1.38 bits per heavy atom. The first-order chi connectivity index (χ1) is 10.3. The van der Waals surface area contributed by atoms with E-state index < -0.39 is 6.10 Å². The van der Waals surface area contributed by atoms with Gasteiger partial charge in [0.15, 0.2) is 0 Å². The number of nitrogens with zero attached hydrogens (tertiary/aromatic N) is 2. The zero-order valence-corrected chi connectivity index (χ0v) is 12.1. The third-order valence-corrected chi connectivity index (χ3v) is 2.97. The van der Waals surface area contributed by atoms with E-state index in [4.69, 9.17) is 9.47 Å². The Labute approximate surface area is 124 Å². The maximum Gasteiger partial charge on any atom is 0.123 e. The molecule has 0 radical (unpaired) electrons. The average Bonchev–Trinajstić information content (AvgIpc) is 3.03. The molecule has 114 valence electrons. The van der Waals surface area contributed by atoms with Crippen LogP contribution in [0.5, 0.6) is 11.5 Å². The first kappa shape index (κ1) is 15.3. The van der Waals surface area contributed by atoms with Crippen LogP contribution in [0, 0.1) is 0 Å². The molecular formula is C15H21N3O3. The number of nitrogens with one attached hydrogen (secondary N) is 1. The number of hydrogen-bond acceptors (Lipinski definition) is 5. The van der Waals surface area contributed by atoms with Crippen LogP contribution in [0.25, 0.3) is 0 Å². The summed E-state index contributed by atoms with van der Waals surface area (Å²) >= 11 is 0. The molecule has 0 fully saturated rings. The maximum absolute atomic E-state index is 9.86. The fourth-order valence-electron chi connectivity index (χ4n) is 1.84. The second-order valence-electron chi connectivity index (χ2n) is 4.65. The van der Waals surface area contributed by atoms with Crippen LogP contribution >= 0.6 is 0 Å². The third kappa shape index (κ3) is 5.45. The standard InChI is InChI=1S/C15H21N3O3/c1-20-14-3-2-4-15(9-14)21-11-13(19)10-16-5-7-18-8-6-17-12-18/h2-4,6,8-9,12-13,16,19H,5,7,10-11H2,1H3. The van der Waals surface area contributed by atoms with Crippen LogP contribution in [0.15, 0.2) is 43.0 Å². The molecule has 0 aliphatic heterocycles. The number of ether oxygens (including phenoxy) is 2. The van der Waals surface area contributed by atoms with Crippen molar-refractivity contribution in [2.75, 3.05) is 26.8 Å². The molecule has 6 nitrogen and oxygen atoms in total. The molecule has 1 aromatic carbocycles. The number of aromatic nitrogens is 2. The molecular weight excluding hydrogens is 270 g/mol. The molecule has 21 heavy (non-hydrogen) atoms. The lowest BCUT2D eigenvalue weighted by molar-refractivity contribution is 0.106. The molecule has 2 N–H and O–H groups in total. The highest BCUT2D eigenvalue weighted by atomic mass is 16.5. The average molecular weight is 291 g/mol. The fourth-order valence-corrected chi connectivity index (χ4v) is 1.84. The summed E-state index contributed by atoms with van der Waals surface area (Å²) in [6.07, 6.45) is 4.86. The smallest absolute Gasteiger partial charge is 0.123 e. The summed E-state index contributed by atoms with van der Waals surface area (Å²) in [5.74, 6) is 1.42. The zero-order chi connectivity index (χ0) is 14.9. The molecule has 1 aromatic heterocycles. The second kappa shape index (κ2) is 8.28. The van der Waals surface area contributed by atoms with Crippen molar-refractivity contribution in [3.05, 3.63) is 43.0 Å². The van der Waals surface area contributed by atoms with Crippen LogP contribution in [0.4, 0.5) is 0 Å². The van der Waals surface area contributed by atoms with Crippen LogP contribution in [0.1, 0.15) is 0 Å². The van der Waals surface area contributed by atoms with E-state index in [9.17, 15) is 5.11 Å². The maximum atomic E-state index is 9.86. The van der Waals surface area contributed by atoms with Crippen LogP contribution in [0.2, 0.25) is 0 Å². The highest BCUT2D eigenvalue weighted by molar-refractivity contribution is 5.32. The number of aliphatic hydroxyl groups is 1. The predicted molar refractivity (Wildman–Crippen MR) is 79.6 cm³/mol. The quantitative estimate of drug-likeness (QED) is 0.673. The van der Waals surface area contributed by atoms with Crippen molar-refractivity contribution >= 4 is 0 Å². The number of aliphatic hydroxyl groups excluding tert-OH is 1. The van der Waals surface area contributed by atoms with Gasteiger partial charge in [-0.05, 0) is 12.1 Å². The lowest BCUT2D eigenvalue weighted by atomic mass is 10.3. The predicted octanol–water partition coefficient (Wildman–Crippen LogP) is 0.921. The monoisotopic (exact) mass is 291 g/mol. The van der Waals surface area contributed by atoms with E-state index >= 15 is 0 Å². The molecule has 0 spiro atoms. The van der Waals surface area contributed by atoms with Gasteiger partial charge in [0.25, 0.3) is 0 Å². The molecule has 1 unspecified atom stereocenters. The molecule has 2 rings (SSSR count). The van der Waals surface area contributed by atoms with Crippen LogP contribution in [-0.2, 0) is 6.54 Å². The summed E-state index contributed by atoms with van der Waals surface area (Å²) in [4.78, 5) is 3.97. The Kier molecular flexibility index (Phi) is 6.05. The van der Waals surface area contributed by atoms with E-state index in [0.717, 1.165) is 18.8 Å². The zero-order valence-electron chi connectivity index (χ0n) is 12.1. The van der Waals surface area contributed by atoms with Gasteiger partial charge in [-0.3, -0.25) is 0 Å². The summed E-state index contributed by atoms with van der Waals surface area (Å²) in [6, 6.07) is 7.33.